The van der Waals surface area contributed by atoms with E-state index in [0.29, 0.717) is 0 Å². The summed E-state index contributed by atoms with van der Waals surface area (Å²) < 4.78 is 5.86. The van der Waals surface area contributed by atoms with E-state index in [1.165, 1.54) is 5.56 Å². The summed E-state index contributed by atoms with van der Waals surface area (Å²) >= 11 is 0. The van der Waals surface area contributed by atoms with Crippen LogP contribution in [0.2, 0.25) is 0 Å². The van der Waals surface area contributed by atoms with Crippen LogP contribution in [-0.2, 0) is 5.41 Å². The Morgan fingerprint density at radius 3 is 2.17 bits per heavy atom. The van der Waals surface area contributed by atoms with Crippen LogP contribution in [0.4, 0.5) is 0 Å². The number of benzene rings is 2. The van der Waals surface area contributed by atoms with Gasteiger partial charge in [-0.15, -0.1) is 9.24 Å². The van der Waals surface area contributed by atoms with Crippen LogP contribution in [0.3, 0.4) is 0 Å². The van der Waals surface area contributed by atoms with Gasteiger partial charge in [-0.3, -0.25) is 0 Å². The summed E-state index contributed by atoms with van der Waals surface area (Å²) in [6.07, 6.45) is 0. The standard InChI is InChI=1S/C16H19OP/c1-16(2,3)12-9-10-14(15(18)11-12)17-13-7-5-4-6-8-13/h4-11H,18H2,1-3H3. The monoisotopic (exact) mass is 258 g/mol. The molecule has 1 nitrogen and oxygen atoms in total. The highest BCUT2D eigenvalue weighted by Gasteiger charge is 2.14. The van der Waals surface area contributed by atoms with E-state index in [4.69, 9.17) is 4.74 Å². The lowest BCUT2D eigenvalue weighted by molar-refractivity contribution is 0.485. The van der Waals surface area contributed by atoms with Gasteiger partial charge in [0.25, 0.3) is 0 Å². The third-order valence-corrected chi connectivity index (χ3v) is 3.30. The highest BCUT2D eigenvalue weighted by atomic mass is 31.0. The normalized spacial score (nSPS) is 11.3. The molecular weight excluding hydrogens is 239 g/mol. The Hall–Kier alpha value is -1.33. The minimum Gasteiger partial charge on any atom is -0.457 e. The van der Waals surface area contributed by atoms with Crippen molar-refractivity contribution in [3.63, 3.8) is 0 Å². The van der Waals surface area contributed by atoms with Crippen molar-refractivity contribution >= 4 is 14.5 Å². The smallest absolute Gasteiger partial charge is 0.134 e. The molecule has 0 radical (unpaired) electrons. The van der Waals surface area contributed by atoms with Crippen LogP contribution in [0.25, 0.3) is 0 Å². The van der Waals surface area contributed by atoms with Crippen LogP contribution in [0.15, 0.2) is 48.5 Å². The Morgan fingerprint density at radius 1 is 0.944 bits per heavy atom. The molecule has 0 saturated carbocycles. The van der Waals surface area contributed by atoms with E-state index in [1.54, 1.807) is 0 Å². The van der Waals surface area contributed by atoms with E-state index in [0.717, 1.165) is 16.8 Å². The molecule has 2 heteroatoms. The van der Waals surface area contributed by atoms with Crippen molar-refractivity contribution in [2.24, 2.45) is 0 Å². The second kappa shape index (κ2) is 5.12. The van der Waals surface area contributed by atoms with Gasteiger partial charge in [0.15, 0.2) is 0 Å². The first kappa shape index (κ1) is 13.1. The zero-order valence-corrected chi connectivity index (χ0v) is 12.3. The lowest BCUT2D eigenvalue weighted by Gasteiger charge is -2.20. The molecule has 2 aromatic rings. The molecule has 0 fully saturated rings. The predicted octanol–water partition coefficient (Wildman–Crippen LogP) is 4.28. The quantitative estimate of drug-likeness (QED) is 0.731. The van der Waals surface area contributed by atoms with Gasteiger partial charge in [0.05, 0.1) is 0 Å². The Morgan fingerprint density at radius 2 is 1.61 bits per heavy atom. The molecule has 18 heavy (non-hydrogen) atoms. The van der Waals surface area contributed by atoms with Crippen molar-refractivity contribution in [1.29, 1.82) is 0 Å². The number of para-hydroxylation sites is 1. The van der Waals surface area contributed by atoms with Gasteiger partial charge in [-0.1, -0.05) is 45.0 Å². The molecule has 0 aliphatic rings. The summed E-state index contributed by atoms with van der Waals surface area (Å²) in [5, 5.41) is 1.09. The Labute approximate surface area is 111 Å². The maximum atomic E-state index is 5.86. The van der Waals surface area contributed by atoms with Gasteiger partial charge in [0.1, 0.15) is 11.5 Å². The molecule has 2 aromatic carbocycles. The minimum atomic E-state index is 0.163. The molecule has 1 unspecified atom stereocenters. The SMILES string of the molecule is CC(C)(C)c1ccc(Oc2ccccc2)c(P)c1. The summed E-state index contributed by atoms with van der Waals surface area (Å²) in [7, 11) is 2.75. The molecule has 1 atom stereocenters. The van der Waals surface area contributed by atoms with Crippen LogP contribution in [0.5, 0.6) is 11.5 Å². The summed E-state index contributed by atoms with van der Waals surface area (Å²) in [4.78, 5) is 0. The highest BCUT2D eigenvalue weighted by molar-refractivity contribution is 7.27. The van der Waals surface area contributed by atoms with Crippen molar-refractivity contribution in [3.8, 4) is 11.5 Å². The highest BCUT2D eigenvalue weighted by Crippen LogP contribution is 2.26. The molecule has 0 spiro atoms. The first-order valence-corrected chi connectivity index (χ1v) is 6.67. The fourth-order valence-corrected chi connectivity index (χ4v) is 2.06. The number of hydrogen-bond donors (Lipinski definition) is 0. The van der Waals surface area contributed by atoms with Crippen LogP contribution in [0, 0.1) is 0 Å². The molecular formula is C16H19OP. The largest absolute Gasteiger partial charge is 0.457 e. The number of rotatable bonds is 2. The van der Waals surface area contributed by atoms with E-state index < -0.39 is 0 Å². The molecule has 0 N–H and O–H groups in total. The lowest BCUT2D eigenvalue weighted by atomic mass is 9.87. The number of hydrogen-bond acceptors (Lipinski definition) is 1. The first-order valence-electron chi connectivity index (χ1n) is 6.10. The van der Waals surface area contributed by atoms with E-state index in [-0.39, 0.29) is 5.41 Å². The third-order valence-electron chi connectivity index (χ3n) is 2.85. The summed E-state index contributed by atoms with van der Waals surface area (Å²) in [6.45, 7) is 6.64. The van der Waals surface area contributed by atoms with Crippen molar-refractivity contribution in [3.05, 3.63) is 54.1 Å². The van der Waals surface area contributed by atoms with Crippen molar-refractivity contribution in [2.45, 2.75) is 26.2 Å². The second-order valence-electron chi connectivity index (χ2n) is 5.42. The molecule has 0 aromatic heterocycles. The molecule has 0 bridgehead atoms. The van der Waals surface area contributed by atoms with Crippen LogP contribution in [-0.4, -0.2) is 0 Å². The zero-order chi connectivity index (χ0) is 13.2. The fraction of sp³-hybridized carbons (Fsp3) is 0.250. The maximum Gasteiger partial charge on any atom is 0.134 e. The van der Waals surface area contributed by atoms with Crippen LogP contribution >= 0.6 is 9.24 Å². The molecule has 0 heterocycles. The van der Waals surface area contributed by atoms with E-state index in [9.17, 15) is 0 Å². The zero-order valence-electron chi connectivity index (χ0n) is 11.1. The maximum absolute atomic E-state index is 5.86. The molecule has 2 rings (SSSR count). The predicted molar refractivity (Wildman–Crippen MR) is 81.0 cm³/mol. The Kier molecular flexibility index (Phi) is 3.73. The van der Waals surface area contributed by atoms with E-state index >= 15 is 0 Å². The van der Waals surface area contributed by atoms with Gasteiger partial charge in [-0.25, -0.2) is 0 Å². The average molecular weight is 258 g/mol. The second-order valence-corrected chi connectivity index (χ2v) is 6.04. The average Bonchev–Trinajstić information content (AvgIpc) is 2.32. The van der Waals surface area contributed by atoms with Crippen molar-refractivity contribution in [1.82, 2.24) is 0 Å². The van der Waals surface area contributed by atoms with Gasteiger partial charge in [-0.05, 0) is 35.2 Å². The summed E-state index contributed by atoms with van der Waals surface area (Å²) in [5.41, 5.74) is 1.48. The van der Waals surface area contributed by atoms with Crippen LogP contribution in [0.1, 0.15) is 26.3 Å². The Bertz CT molecular complexity index is 527. The summed E-state index contributed by atoms with van der Waals surface area (Å²) in [6, 6.07) is 16.2. The van der Waals surface area contributed by atoms with E-state index in [1.807, 2.05) is 36.4 Å². The van der Waals surface area contributed by atoms with Gasteiger partial charge in [0.2, 0.25) is 0 Å². The molecule has 0 amide bonds. The number of ether oxygens (including phenoxy) is 1. The lowest BCUT2D eigenvalue weighted by Crippen LogP contribution is -2.13. The molecule has 94 valence electrons. The molecule has 0 aliphatic heterocycles. The van der Waals surface area contributed by atoms with Gasteiger partial charge < -0.3 is 4.74 Å². The summed E-state index contributed by atoms with van der Waals surface area (Å²) in [5.74, 6) is 1.75. The van der Waals surface area contributed by atoms with Gasteiger partial charge >= 0.3 is 0 Å². The fourth-order valence-electron chi connectivity index (χ4n) is 1.72. The van der Waals surface area contributed by atoms with Crippen LogP contribution < -0.4 is 10.0 Å². The third kappa shape index (κ3) is 3.11. The first-order chi connectivity index (χ1) is 8.47. The topological polar surface area (TPSA) is 9.23 Å². The molecule has 0 saturated heterocycles. The minimum absolute atomic E-state index is 0.163. The van der Waals surface area contributed by atoms with Gasteiger partial charge in [0, 0.05) is 5.30 Å². The Balaban J connectivity index is 2.26. The van der Waals surface area contributed by atoms with Gasteiger partial charge in [-0.2, -0.15) is 0 Å². The van der Waals surface area contributed by atoms with Crippen molar-refractivity contribution in [2.75, 3.05) is 0 Å². The van der Waals surface area contributed by atoms with E-state index in [2.05, 4.69) is 42.1 Å². The van der Waals surface area contributed by atoms with Crippen molar-refractivity contribution < 1.29 is 4.74 Å². The molecule has 0 aliphatic carbocycles.